The Morgan fingerprint density at radius 3 is 1.79 bits per heavy atom. The van der Waals surface area contributed by atoms with Crippen LogP contribution in [-0.4, -0.2) is 66.8 Å². The van der Waals surface area contributed by atoms with Crippen molar-refractivity contribution in [2.75, 3.05) is 34.2 Å². The molecule has 2 unspecified atom stereocenters. The number of nitrogens with one attached hydrogen (secondary N) is 1. The fraction of sp³-hybridized carbons (Fsp3) is 0.960. The van der Waals surface area contributed by atoms with Crippen molar-refractivity contribution in [2.24, 2.45) is 0 Å². The predicted molar refractivity (Wildman–Crippen MR) is 138 cm³/mol. The second-order valence-corrected chi connectivity index (χ2v) is 11.8. The molecule has 0 spiro atoms. The summed E-state index contributed by atoms with van der Waals surface area (Å²) in [6.07, 6.45) is 16.5. The van der Waals surface area contributed by atoms with Crippen molar-refractivity contribution >= 4 is 13.7 Å². The third kappa shape index (κ3) is 24.6. The number of carbonyl (C=O) groups excluding carboxylic acids is 1. The lowest BCUT2D eigenvalue weighted by Crippen LogP contribution is -2.44. The molecule has 0 saturated carbocycles. The summed E-state index contributed by atoms with van der Waals surface area (Å²) in [7, 11) is 1.02. The maximum atomic E-state index is 12.0. The van der Waals surface area contributed by atoms with Crippen LogP contribution in [0.15, 0.2) is 0 Å². The summed E-state index contributed by atoms with van der Waals surface area (Å²) >= 11 is 0. The number of phosphoric ester groups is 1. The topological polar surface area (TPSA) is 105 Å². The minimum Gasteiger partial charge on any atom is -0.356 e. The van der Waals surface area contributed by atoms with Gasteiger partial charge in [-0.15, -0.1) is 0 Å². The molecule has 1 amide bonds. The van der Waals surface area contributed by atoms with Gasteiger partial charge >= 0.3 is 7.82 Å². The van der Waals surface area contributed by atoms with Gasteiger partial charge in [0.15, 0.2) is 0 Å². The van der Waals surface area contributed by atoms with E-state index >= 15 is 0 Å². The molecule has 0 radical (unpaired) electrons. The van der Waals surface area contributed by atoms with Gasteiger partial charge in [-0.25, -0.2) is 4.57 Å². The molecule has 3 N–H and O–H groups in total. The van der Waals surface area contributed by atoms with Crippen LogP contribution in [0.1, 0.15) is 110 Å². The number of likely N-dealkylation sites (N-methyl/N-ethyl adjacent to an activating group) is 1. The van der Waals surface area contributed by atoms with Crippen molar-refractivity contribution in [2.45, 2.75) is 123 Å². The molecule has 0 aliphatic heterocycles. The Morgan fingerprint density at radius 1 is 0.882 bits per heavy atom. The molecule has 0 fully saturated rings. The van der Waals surface area contributed by atoms with Crippen molar-refractivity contribution in [1.29, 1.82) is 0 Å². The van der Waals surface area contributed by atoms with Crippen molar-refractivity contribution in [3.63, 3.8) is 0 Å². The third-order valence-electron chi connectivity index (χ3n) is 5.72. The van der Waals surface area contributed by atoms with E-state index in [2.05, 4.69) is 12.2 Å². The van der Waals surface area contributed by atoms with E-state index in [1.807, 2.05) is 28.1 Å². The Morgan fingerprint density at radius 2 is 1.35 bits per heavy atom. The van der Waals surface area contributed by atoms with Crippen molar-refractivity contribution in [3.8, 4) is 0 Å². The minimum atomic E-state index is -4.64. The molecular weight excluding hydrogens is 455 g/mol. The van der Waals surface area contributed by atoms with E-state index < -0.39 is 14.1 Å². The smallest absolute Gasteiger partial charge is 0.356 e. The van der Waals surface area contributed by atoms with Gasteiger partial charge in [0.1, 0.15) is 6.54 Å². The zero-order valence-electron chi connectivity index (χ0n) is 22.6. The number of hydrogen-bond donors (Lipinski definition) is 3. The van der Waals surface area contributed by atoms with E-state index in [4.69, 9.17) is 19.0 Å². The van der Waals surface area contributed by atoms with Crippen LogP contribution < -0.4 is 5.32 Å². The average Bonchev–Trinajstić information content (AvgIpc) is 2.68. The molecule has 0 aromatic heterocycles. The molecular formula is C25H54N2O6P+. The number of quaternary nitrogens is 1. The maximum absolute atomic E-state index is 12.0. The molecule has 0 bridgehead atoms. The lowest BCUT2D eigenvalue weighted by Gasteiger charge is -2.30. The first-order chi connectivity index (χ1) is 15.9. The van der Waals surface area contributed by atoms with Crippen LogP contribution in [0.2, 0.25) is 0 Å². The van der Waals surface area contributed by atoms with Crippen molar-refractivity contribution < 1.29 is 32.9 Å². The van der Waals surface area contributed by atoms with E-state index in [0.29, 0.717) is 30.4 Å². The number of hydrogen-bond acceptors (Lipinski definition) is 4. The zero-order valence-corrected chi connectivity index (χ0v) is 23.5. The number of rotatable bonds is 23. The van der Waals surface area contributed by atoms with Gasteiger partial charge < -0.3 is 24.3 Å². The van der Waals surface area contributed by atoms with Crippen LogP contribution in [0.5, 0.6) is 0 Å². The standard InChI is InChI=1S/C25H53N2O6P/c1-6-7-8-9-10-11-12-13-14-15-16-17-18-19-24(28)26-21-20-23(2)32-25(22-27(3,4)5)33-34(29,30)31/h23,25H,6-22H2,1-5H3,(H2-,26,28,29,30,31)/p+1. The van der Waals surface area contributed by atoms with Gasteiger partial charge in [0.05, 0.1) is 27.2 Å². The molecule has 204 valence electrons. The highest BCUT2D eigenvalue weighted by Gasteiger charge is 2.29. The lowest BCUT2D eigenvalue weighted by molar-refractivity contribution is -0.876. The molecule has 0 aromatic carbocycles. The van der Waals surface area contributed by atoms with E-state index in [0.717, 1.165) is 12.8 Å². The Balaban J connectivity index is 3.75. The van der Waals surface area contributed by atoms with Crippen LogP contribution in [0.4, 0.5) is 0 Å². The highest BCUT2D eigenvalue weighted by molar-refractivity contribution is 7.46. The maximum Gasteiger partial charge on any atom is 0.472 e. The first kappa shape index (κ1) is 33.5. The van der Waals surface area contributed by atoms with Gasteiger partial charge in [-0.2, -0.15) is 0 Å². The lowest BCUT2D eigenvalue weighted by atomic mass is 10.0. The normalized spacial score (nSPS) is 14.2. The Hall–Kier alpha value is -0.500. The van der Waals surface area contributed by atoms with Crippen LogP contribution in [0.3, 0.4) is 0 Å². The second kappa shape index (κ2) is 19.7. The summed E-state index contributed by atoms with van der Waals surface area (Å²) < 4.78 is 22.1. The van der Waals surface area contributed by atoms with Gasteiger partial charge in [-0.1, -0.05) is 84.0 Å². The fourth-order valence-corrected chi connectivity index (χ4v) is 4.26. The van der Waals surface area contributed by atoms with Gasteiger partial charge in [-0.3, -0.25) is 9.32 Å². The van der Waals surface area contributed by atoms with Crippen LogP contribution in [0, 0.1) is 0 Å². The van der Waals surface area contributed by atoms with E-state index in [9.17, 15) is 9.36 Å². The summed E-state index contributed by atoms with van der Waals surface area (Å²) in [5.41, 5.74) is 0. The van der Waals surface area contributed by atoms with Crippen LogP contribution in [-0.2, 0) is 18.6 Å². The quantitative estimate of drug-likeness (QED) is 0.0725. The number of phosphoric acid groups is 1. The first-order valence-electron chi connectivity index (χ1n) is 13.4. The predicted octanol–water partition coefficient (Wildman–Crippen LogP) is 5.52. The molecule has 0 aliphatic rings. The Bertz CT molecular complexity index is 550. The monoisotopic (exact) mass is 509 g/mol. The molecule has 0 aromatic rings. The minimum absolute atomic E-state index is 0.0460. The summed E-state index contributed by atoms with van der Waals surface area (Å²) in [6, 6.07) is 0. The molecule has 34 heavy (non-hydrogen) atoms. The SMILES string of the molecule is CCCCCCCCCCCCCCCC(=O)NCCC(C)OC(C[N+](C)(C)C)OP(=O)(O)O. The summed E-state index contributed by atoms with van der Waals surface area (Å²) in [5.74, 6) is 0.0460. The zero-order chi connectivity index (χ0) is 25.9. The molecule has 0 aliphatic carbocycles. The molecule has 0 heterocycles. The second-order valence-electron chi connectivity index (χ2n) is 10.6. The number of amides is 1. The largest absolute Gasteiger partial charge is 0.472 e. The van der Waals surface area contributed by atoms with Gasteiger partial charge in [0.25, 0.3) is 0 Å². The highest BCUT2D eigenvalue weighted by atomic mass is 31.2. The van der Waals surface area contributed by atoms with Gasteiger partial charge in [0.2, 0.25) is 12.2 Å². The number of nitrogens with zero attached hydrogens (tertiary/aromatic N) is 1. The van der Waals surface area contributed by atoms with Crippen molar-refractivity contribution in [1.82, 2.24) is 5.32 Å². The van der Waals surface area contributed by atoms with E-state index in [1.54, 1.807) is 0 Å². The van der Waals surface area contributed by atoms with Crippen LogP contribution in [0.25, 0.3) is 0 Å². The van der Waals surface area contributed by atoms with Crippen molar-refractivity contribution in [3.05, 3.63) is 0 Å². The summed E-state index contributed by atoms with van der Waals surface area (Å²) in [5, 5.41) is 2.91. The molecule has 2 atom stereocenters. The van der Waals surface area contributed by atoms with Gasteiger partial charge in [0, 0.05) is 13.0 Å². The highest BCUT2D eigenvalue weighted by Crippen LogP contribution is 2.38. The molecule has 9 heteroatoms. The average molecular weight is 510 g/mol. The summed E-state index contributed by atoms with van der Waals surface area (Å²) in [6.45, 7) is 4.82. The molecule has 8 nitrogen and oxygen atoms in total. The number of ether oxygens (including phenoxy) is 1. The third-order valence-corrected chi connectivity index (χ3v) is 6.23. The Kier molecular flexibility index (Phi) is 19.4. The molecule has 0 rings (SSSR count). The fourth-order valence-electron chi connectivity index (χ4n) is 3.84. The number of carbonyl (C=O) groups is 1. The van der Waals surface area contributed by atoms with E-state index in [1.165, 1.54) is 70.6 Å². The number of unbranched alkanes of at least 4 members (excludes halogenated alkanes) is 12. The first-order valence-corrected chi connectivity index (χ1v) is 14.9. The van der Waals surface area contributed by atoms with Crippen LogP contribution >= 0.6 is 7.82 Å². The van der Waals surface area contributed by atoms with Gasteiger partial charge in [-0.05, 0) is 19.8 Å². The Labute approximate surface area is 209 Å². The summed E-state index contributed by atoms with van der Waals surface area (Å²) in [4.78, 5) is 30.3. The molecule has 0 saturated heterocycles. The van der Waals surface area contributed by atoms with E-state index in [-0.39, 0.29) is 12.0 Å².